The monoisotopic (exact) mass is 348 g/mol. The van der Waals surface area contributed by atoms with E-state index in [0.29, 0.717) is 26.9 Å². The number of ether oxygens (including phenoxy) is 1. The van der Waals surface area contributed by atoms with E-state index in [4.69, 9.17) is 27.9 Å². The summed E-state index contributed by atoms with van der Waals surface area (Å²) in [5.74, 6) is 0.899. The molecule has 0 amide bonds. The second-order valence-electron chi connectivity index (χ2n) is 3.59. The Hall–Kier alpha value is -0.770. The molecule has 0 radical (unpaired) electrons. The molecule has 0 fully saturated rings. The quantitative estimate of drug-likeness (QED) is 0.639. The van der Waals surface area contributed by atoms with Crippen molar-refractivity contribution >= 4 is 39.1 Å². The number of hydrogen-bond donors (Lipinski definition) is 0. The van der Waals surface area contributed by atoms with Crippen LogP contribution in [0.15, 0.2) is 40.9 Å². The third kappa shape index (κ3) is 3.37. The minimum absolute atomic E-state index is 0.338. The molecule has 0 unspecified atom stereocenters. The van der Waals surface area contributed by atoms with Gasteiger partial charge in [0.1, 0.15) is 17.3 Å². The fourth-order valence-corrected chi connectivity index (χ4v) is 2.41. The van der Waals surface area contributed by atoms with E-state index in [-0.39, 0.29) is 5.82 Å². The average Bonchev–Trinajstić information content (AvgIpc) is 2.27. The molecule has 0 aromatic heterocycles. The molecule has 18 heavy (non-hydrogen) atoms. The van der Waals surface area contributed by atoms with Crippen LogP contribution in [0.25, 0.3) is 0 Å². The van der Waals surface area contributed by atoms with Crippen molar-refractivity contribution in [2.24, 2.45) is 0 Å². The minimum atomic E-state index is -0.372. The van der Waals surface area contributed by atoms with Gasteiger partial charge in [0.15, 0.2) is 0 Å². The molecule has 0 heterocycles. The topological polar surface area (TPSA) is 9.23 Å². The fraction of sp³-hybridized carbons (Fsp3) is 0.0769. The summed E-state index contributed by atoms with van der Waals surface area (Å²) in [5, 5.41) is 0.526. The maximum atomic E-state index is 13.2. The Kier molecular flexibility index (Phi) is 4.49. The molecule has 0 aliphatic heterocycles. The van der Waals surface area contributed by atoms with Gasteiger partial charge in [-0.05, 0) is 29.8 Å². The van der Waals surface area contributed by atoms with Crippen LogP contribution in [0.1, 0.15) is 5.56 Å². The van der Waals surface area contributed by atoms with Crippen LogP contribution in [0, 0.1) is 5.82 Å². The Morgan fingerprint density at radius 3 is 2.50 bits per heavy atom. The highest BCUT2D eigenvalue weighted by Crippen LogP contribution is 2.29. The van der Waals surface area contributed by atoms with Crippen molar-refractivity contribution in [1.29, 1.82) is 0 Å². The standard InChI is InChI=1S/C13H8BrCl2FO/c14-9-3-10(17)5-12(4-9)18-11-2-1-8(7-15)13(16)6-11/h1-6H,7H2. The van der Waals surface area contributed by atoms with Crippen LogP contribution in [0.4, 0.5) is 4.39 Å². The zero-order valence-corrected chi connectivity index (χ0v) is 12.2. The van der Waals surface area contributed by atoms with Crippen LogP contribution >= 0.6 is 39.1 Å². The first-order valence-electron chi connectivity index (χ1n) is 5.07. The first-order valence-corrected chi connectivity index (χ1v) is 6.77. The van der Waals surface area contributed by atoms with Gasteiger partial charge in [-0.2, -0.15) is 0 Å². The summed E-state index contributed by atoms with van der Waals surface area (Å²) in [6.07, 6.45) is 0. The molecule has 0 atom stereocenters. The van der Waals surface area contributed by atoms with Crippen molar-refractivity contribution in [2.75, 3.05) is 0 Å². The second-order valence-corrected chi connectivity index (χ2v) is 5.18. The van der Waals surface area contributed by atoms with Gasteiger partial charge in [-0.25, -0.2) is 4.39 Å². The predicted octanol–water partition coefficient (Wildman–Crippen LogP) is 5.77. The summed E-state index contributed by atoms with van der Waals surface area (Å²) in [6.45, 7) is 0. The molecule has 0 spiro atoms. The fourth-order valence-electron chi connectivity index (χ4n) is 1.42. The van der Waals surface area contributed by atoms with Crippen molar-refractivity contribution in [1.82, 2.24) is 0 Å². The van der Waals surface area contributed by atoms with Crippen molar-refractivity contribution in [3.8, 4) is 11.5 Å². The highest BCUT2D eigenvalue weighted by atomic mass is 79.9. The highest BCUT2D eigenvalue weighted by molar-refractivity contribution is 9.10. The SMILES string of the molecule is Fc1cc(Br)cc(Oc2ccc(CCl)c(Cl)c2)c1. The van der Waals surface area contributed by atoms with Crippen LogP contribution < -0.4 is 4.74 Å². The van der Waals surface area contributed by atoms with E-state index in [1.807, 2.05) is 0 Å². The molecule has 94 valence electrons. The first kappa shape index (κ1) is 13.7. The molecule has 0 saturated carbocycles. The largest absolute Gasteiger partial charge is 0.457 e. The van der Waals surface area contributed by atoms with E-state index in [1.54, 1.807) is 24.3 Å². The van der Waals surface area contributed by atoms with Crippen LogP contribution in [0.3, 0.4) is 0 Å². The highest BCUT2D eigenvalue weighted by Gasteiger charge is 2.05. The van der Waals surface area contributed by atoms with E-state index in [1.165, 1.54) is 12.1 Å². The van der Waals surface area contributed by atoms with Gasteiger partial charge < -0.3 is 4.74 Å². The van der Waals surface area contributed by atoms with Gasteiger partial charge in [0.2, 0.25) is 0 Å². The van der Waals surface area contributed by atoms with E-state index in [0.717, 1.165) is 5.56 Å². The Labute approximate surface area is 123 Å². The predicted molar refractivity (Wildman–Crippen MR) is 75.2 cm³/mol. The van der Waals surface area contributed by atoms with Gasteiger partial charge in [-0.1, -0.05) is 33.6 Å². The Bertz CT molecular complexity index is 555. The summed E-state index contributed by atoms with van der Waals surface area (Å²) in [7, 11) is 0. The summed E-state index contributed by atoms with van der Waals surface area (Å²) in [4.78, 5) is 0. The molecular weight excluding hydrogens is 342 g/mol. The smallest absolute Gasteiger partial charge is 0.131 e. The van der Waals surface area contributed by atoms with Crippen LogP contribution in [0.5, 0.6) is 11.5 Å². The number of hydrogen-bond acceptors (Lipinski definition) is 1. The zero-order valence-electron chi connectivity index (χ0n) is 9.09. The molecule has 5 heteroatoms. The zero-order chi connectivity index (χ0) is 13.1. The lowest BCUT2D eigenvalue weighted by Gasteiger charge is -2.08. The second kappa shape index (κ2) is 5.91. The average molecular weight is 350 g/mol. The third-order valence-corrected chi connectivity index (χ3v) is 3.34. The normalized spacial score (nSPS) is 10.4. The van der Waals surface area contributed by atoms with Crippen LogP contribution in [-0.4, -0.2) is 0 Å². The number of rotatable bonds is 3. The van der Waals surface area contributed by atoms with E-state index in [2.05, 4.69) is 15.9 Å². The number of benzene rings is 2. The molecule has 2 aromatic carbocycles. The molecule has 0 N–H and O–H groups in total. The van der Waals surface area contributed by atoms with Gasteiger partial charge in [-0.3, -0.25) is 0 Å². The molecule has 0 aliphatic carbocycles. The maximum Gasteiger partial charge on any atom is 0.131 e. The van der Waals surface area contributed by atoms with Crippen molar-refractivity contribution < 1.29 is 9.13 Å². The molecule has 1 nitrogen and oxygen atoms in total. The summed E-state index contributed by atoms with van der Waals surface area (Å²) >= 11 is 14.9. The number of halogens is 4. The summed E-state index contributed by atoms with van der Waals surface area (Å²) < 4.78 is 19.3. The lowest BCUT2D eigenvalue weighted by atomic mass is 10.2. The van der Waals surface area contributed by atoms with Gasteiger partial charge in [0.05, 0.1) is 0 Å². The van der Waals surface area contributed by atoms with Crippen molar-refractivity contribution in [2.45, 2.75) is 5.88 Å². The van der Waals surface area contributed by atoms with Crippen LogP contribution in [-0.2, 0) is 5.88 Å². The van der Waals surface area contributed by atoms with E-state index < -0.39 is 0 Å². The Balaban J connectivity index is 2.25. The van der Waals surface area contributed by atoms with E-state index in [9.17, 15) is 4.39 Å². The minimum Gasteiger partial charge on any atom is -0.457 e. The molecule has 0 saturated heterocycles. The van der Waals surface area contributed by atoms with E-state index >= 15 is 0 Å². The van der Waals surface area contributed by atoms with Gasteiger partial charge in [0.25, 0.3) is 0 Å². The summed E-state index contributed by atoms with van der Waals surface area (Å²) in [5.41, 5.74) is 0.825. The van der Waals surface area contributed by atoms with Crippen molar-refractivity contribution in [3.63, 3.8) is 0 Å². The third-order valence-electron chi connectivity index (χ3n) is 2.24. The lowest BCUT2D eigenvalue weighted by Crippen LogP contribution is -1.87. The first-order chi connectivity index (χ1) is 8.58. The number of alkyl halides is 1. The van der Waals surface area contributed by atoms with Gasteiger partial charge in [-0.15, -0.1) is 11.6 Å². The van der Waals surface area contributed by atoms with Gasteiger partial charge in [0, 0.05) is 21.4 Å². The van der Waals surface area contributed by atoms with Crippen molar-refractivity contribution in [3.05, 3.63) is 57.3 Å². The molecule has 0 bridgehead atoms. The molecule has 0 aliphatic rings. The van der Waals surface area contributed by atoms with Gasteiger partial charge >= 0.3 is 0 Å². The molecule has 2 rings (SSSR count). The molecule has 2 aromatic rings. The summed E-state index contributed by atoms with van der Waals surface area (Å²) in [6, 6.07) is 9.50. The van der Waals surface area contributed by atoms with Crippen LogP contribution in [0.2, 0.25) is 5.02 Å². The Morgan fingerprint density at radius 1 is 1.11 bits per heavy atom. The maximum absolute atomic E-state index is 13.2. The Morgan fingerprint density at radius 2 is 1.89 bits per heavy atom. The lowest BCUT2D eigenvalue weighted by molar-refractivity contribution is 0.476. The molecular formula is C13H8BrCl2FO.